The van der Waals surface area contributed by atoms with E-state index in [1.807, 2.05) is 84.9 Å². The Labute approximate surface area is 311 Å². The number of para-hydroxylation sites is 2. The van der Waals surface area contributed by atoms with E-state index in [0.29, 0.717) is 0 Å². The fourth-order valence-corrected chi connectivity index (χ4v) is 7.04. The quantitative estimate of drug-likeness (QED) is 0.129. The van der Waals surface area contributed by atoms with Gasteiger partial charge in [0.05, 0.1) is 11.7 Å². The lowest BCUT2D eigenvalue weighted by atomic mass is 9.85. The van der Waals surface area contributed by atoms with Gasteiger partial charge in [-0.2, -0.15) is 0 Å². The van der Waals surface area contributed by atoms with Crippen LogP contribution in [0, 0.1) is 5.41 Å². The minimum Gasteiger partial charge on any atom is -0.480 e. The summed E-state index contributed by atoms with van der Waals surface area (Å²) in [4.78, 5) is 38.3. The summed E-state index contributed by atoms with van der Waals surface area (Å²) in [5.74, 6) is -1.24. The van der Waals surface area contributed by atoms with Crippen molar-refractivity contribution in [1.29, 1.82) is 0 Å². The van der Waals surface area contributed by atoms with Gasteiger partial charge in [-0.1, -0.05) is 75.4 Å². The highest BCUT2D eigenvalue weighted by atomic mass is 32.2. The van der Waals surface area contributed by atoms with Gasteiger partial charge in [-0.05, 0) is 98.8 Å². The fraction of sp³-hybridized carbons (Fsp3) is 0.268. The van der Waals surface area contributed by atoms with Crippen molar-refractivity contribution in [2.24, 2.45) is 5.41 Å². The van der Waals surface area contributed by atoms with Crippen LogP contribution < -0.4 is 14.5 Å². The van der Waals surface area contributed by atoms with E-state index in [1.165, 1.54) is 30.6 Å². The molecule has 0 aliphatic rings. The van der Waals surface area contributed by atoms with Gasteiger partial charge in [0.2, 0.25) is 10.0 Å². The van der Waals surface area contributed by atoms with E-state index < -0.39 is 45.2 Å². The summed E-state index contributed by atoms with van der Waals surface area (Å²) in [6.07, 6.45) is 2.01. The summed E-state index contributed by atoms with van der Waals surface area (Å²) in [7, 11) is -4.11. The number of carbonyl (C=O) groups is 2. The van der Waals surface area contributed by atoms with Gasteiger partial charge in [0.1, 0.15) is 22.4 Å². The molecule has 0 radical (unpaired) electrons. The zero-order chi connectivity index (χ0) is 38.4. The Kier molecular flexibility index (Phi) is 11.6. The van der Waals surface area contributed by atoms with Crippen LogP contribution in [0.4, 0.5) is 27.7 Å². The Balaban J connectivity index is 1.57. The van der Waals surface area contributed by atoms with Crippen molar-refractivity contribution >= 4 is 45.0 Å². The number of pyridine rings is 2. The third-order valence-electron chi connectivity index (χ3n) is 8.17. The molecule has 276 valence electrons. The van der Waals surface area contributed by atoms with Gasteiger partial charge in [-0.3, -0.25) is 4.98 Å². The summed E-state index contributed by atoms with van der Waals surface area (Å²) < 4.78 is 35.9. The number of carboxylic acids is 1. The van der Waals surface area contributed by atoms with Gasteiger partial charge in [-0.15, -0.1) is 0 Å². The van der Waals surface area contributed by atoms with Crippen LogP contribution in [-0.4, -0.2) is 47.2 Å². The lowest BCUT2D eigenvalue weighted by Crippen LogP contribution is -2.54. The molecule has 2 aromatic heterocycles. The first-order valence-corrected chi connectivity index (χ1v) is 18.7. The first-order chi connectivity index (χ1) is 25.0. The Morgan fingerprint density at radius 3 is 1.87 bits per heavy atom. The molecular formula is C41H45N5O6S. The maximum atomic E-state index is 13.7. The smallest absolute Gasteiger partial charge is 0.416 e. The van der Waals surface area contributed by atoms with Gasteiger partial charge < -0.3 is 14.7 Å². The zero-order valence-corrected chi connectivity index (χ0v) is 31.5. The zero-order valence-electron chi connectivity index (χ0n) is 30.7. The van der Waals surface area contributed by atoms with Crippen molar-refractivity contribution in [3.05, 3.63) is 139 Å². The van der Waals surface area contributed by atoms with Crippen LogP contribution in [0.15, 0.2) is 133 Å². The molecule has 0 spiro atoms. The maximum Gasteiger partial charge on any atom is 0.416 e. The van der Waals surface area contributed by atoms with Crippen LogP contribution >= 0.6 is 0 Å². The molecule has 1 amide bonds. The minimum atomic E-state index is -4.11. The molecule has 2 heterocycles. The van der Waals surface area contributed by atoms with Gasteiger partial charge in [0.25, 0.3) is 0 Å². The Morgan fingerprint density at radius 2 is 1.36 bits per heavy atom. The summed E-state index contributed by atoms with van der Waals surface area (Å²) >= 11 is 0. The average molecular weight is 736 g/mol. The number of carboxylic acid groups (broad SMARTS) is 1. The molecule has 5 aromatic rings. The number of aliphatic carboxylic acids is 1. The number of hydrogen-bond acceptors (Lipinski definition) is 8. The third-order valence-corrected chi connectivity index (χ3v) is 9.62. The molecule has 0 saturated heterocycles. The van der Waals surface area contributed by atoms with E-state index in [-0.39, 0.29) is 22.8 Å². The SMILES string of the molecule is CC(C)(C)OC(=O)N(c1cccc(C(Cc2ccc(N(c3ccccc3)c3ccccc3)cc2)NS(=O)(=O)c2cccnc2)n1)C(C(=O)O)C(C)(C)C. The number of ether oxygens (including phenoxy) is 1. The van der Waals surface area contributed by atoms with E-state index in [0.717, 1.165) is 27.5 Å². The molecule has 0 aliphatic carbocycles. The van der Waals surface area contributed by atoms with Gasteiger partial charge >= 0.3 is 12.1 Å². The second-order valence-corrected chi connectivity index (χ2v) is 16.3. The second kappa shape index (κ2) is 16.0. The summed E-state index contributed by atoms with van der Waals surface area (Å²) in [6, 6.07) is 33.2. The molecule has 0 fully saturated rings. The molecule has 2 N–H and O–H groups in total. The van der Waals surface area contributed by atoms with Crippen LogP contribution in [0.1, 0.15) is 58.8 Å². The number of nitrogens with zero attached hydrogens (tertiary/aromatic N) is 4. The Morgan fingerprint density at radius 1 is 0.774 bits per heavy atom. The predicted octanol–water partition coefficient (Wildman–Crippen LogP) is 8.45. The van der Waals surface area contributed by atoms with Crippen LogP contribution in [0.3, 0.4) is 0 Å². The number of aromatic nitrogens is 2. The van der Waals surface area contributed by atoms with Crippen molar-refractivity contribution in [3.8, 4) is 0 Å². The van der Waals surface area contributed by atoms with Crippen molar-refractivity contribution in [1.82, 2.24) is 14.7 Å². The lowest BCUT2D eigenvalue weighted by molar-refractivity contribution is -0.141. The molecule has 5 rings (SSSR count). The number of nitrogens with one attached hydrogen (secondary N) is 1. The lowest BCUT2D eigenvalue weighted by Gasteiger charge is -2.37. The van der Waals surface area contributed by atoms with E-state index in [2.05, 4.69) is 14.6 Å². The molecule has 3 aromatic carbocycles. The number of anilines is 4. The molecule has 0 bridgehead atoms. The molecule has 0 saturated carbocycles. The first-order valence-electron chi connectivity index (χ1n) is 17.2. The molecule has 11 nitrogen and oxygen atoms in total. The van der Waals surface area contributed by atoms with Crippen LogP contribution in [0.25, 0.3) is 0 Å². The highest BCUT2D eigenvalue weighted by molar-refractivity contribution is 7.89. The van der Waals surface area contributed by atoms with Gasteiger partial charge in [0, 0.05) is 29.5 Å². The standard InChI is InChI=1S/C41H45N5O6S/c1-40(2,3)37(38(47)48)46(39(49)52-41(4,5)6)36-21-13-20-34(43-36)35(44-53(50,51)33-19-14-26-42-28-33)27-29-22-24-32(25-23-29)45(30-15-9-7-10-16-30)31-17-11-8-12-18-31/h7-26,28,35,37,44H,27H2,1-6H3,(H,47,48). The second-order valence-electron chi connectivity index (χ2n) is 14.6. The summed E-state index contributed by atoms with van der Waals surface area (Å²) in [5, 5.41) is 10.4. The van der Waals surface area contributed by atoms with Crippen LogP contribution in [-0.2, 0) is 26.0 Å². The molecular weight excluding hydrogens is 691 g/mol. The van der Waals surface area contributed by atoms with Gasteiger partial charge in [-0.25, -0.2) is 32.6 Å². The van der Waals surface area contributed by atoms with Crippen LogP contribution in [0.5, 0.6) is 0 Å². The summed E-state index contributed by atoms with van der Waals surface area (Å²) in [6.45, 7) is 10.2. The highest BCUT2D eigenvalue weighted by Gasteiger charge is 2.43. The minimum absolute atomic E-state index is 0.00126. The van der Waals surface area contributed by atoms with E-state index >= 15 is 0 Å². The van der Waals surface area contributed by atoms with E-state index in [9.17, 15) is 23.1 Å². The van der Waals surface area contributed by atoms with Crippen LogP contribution in [0.2, 0.25) is 0 Å². The number of benzene rings is 3. The highest BCUT2D eigenvalue weighted by Crippen LogP contribution is 2.35. The normalized spacial score (nSPS) is 13.1. The van der Waals surface area contributed by atoms with Gasteiger partial charge in [0.15, 0.2) is 0 Å². The largest absolute Gasteiger partial charge is 0.480 e. The monoisotopic (exact) mass is 735 g/mol. The van der Waals surface area contributed by atoms with Crippen molar-refractivity contribution in [2.75, 3.05) is 9.80 Å². The predicted molar refractivity (Wildman–Crippen MR) is 206 cm³/mol. The van der Waals surface area contributed by atoms with E-state index in [4.69, 9.17) is 9.72 Å². The Hall–Kier alpha value is -5.59. The number of sulfonamides is 1. The molecule has 2 unspecified atom stereocenters. The first kappa shape index (κ1) is 38.6. The number of hydrogen-bond donors (Lipinski definition) is 2. The fourth-order valence-electron chi connectivity index (χ4n) is 5.86. The van der Waals surface area contributed by atoms with Crippen molar-refractivity contribution in [2.45, 2.75) is 70.5 Å². The number of carbonyl (C=O) groups excluding carboxylic acids is 1. The summed E-state index contributed by atoms with van der Waals surface area (Å²) in [5.41, 5.74) is 2.03. The molecule has 0 aliphatic heterocycles. The van der Waals surface area contributed by atoms with Crippen molar-refractivity contribution < 1.29 is 27.9 Å². The topological polar surface area (TPSA) is 142 Å². The van der Waals surface area contributed by atoms with Crippen molar-refractivity contribution in [3.63, 3.8) is 0 Å². The molecule has 2 atom stereocenters. The Bertz CT molecular complexity index is 2060. The number of amides is 1. The number of rotatable bonds is 12. The molecule has 53 heavy (non-hydrogen) atoms. The van der Waals surface area contributed by atoms with E-state index in [1.54, 1.807) is 53.7 Å². The average Bonchev–Trinajstić information content (AvgIpc) is 3.11. The third kappa shape index (κ3) is 9.85. The molecule has 12 heteroatoms. The maximum absolute atomic E-state index is 13.7.